The number of rotatable bonds is 6. The first-order valence-corrected chi connectivity index (χ1v) is 8.89. The average Bonchev–Trinajstić information content (AvgIpc) is 3.26. The molecule has 0 aliphatic rings. The maximum Gasteiger partial charge on any atom is 0.326 e. The molecule has 1 aromatic carbocycles. The number of nitrogens with zero attached hydrogens (tertiary/aromatic N) is 2. The summed E-state index contributed by atoms with van der Waals surface area (Å²) in [5, 5.41) is 12.8. The van der Waals surface area contributed by atoms with Crippen LogP contribution in [-0.2, 0) is 4.79 Å². The third-order valence-corrected chi connectivity index (χ3v) is 5.26. The van der Waals surface area contributed by atoms with Crippen molar-refractivity contribution in [1.29, 1.82) is 0 Å². The van der Waals surface area contributed by atoms with Crippen molar-refractivity contribution in [2.75, 3.05) is 0 Å². The lowest BCUT2D eigenvalue weighted by Crippen LogP contribution is -2.45. The van der Waals surface area contributed by atoms with Crippen molar-refractivity contribution in [3.8, 4) is 5.13 Å². The van der Waals surface area contributed by atoms with E-state index in [1.54, 1.807) is 18.2 Å². The van der Waals surface area contributed by atoms with Crippen molar-refractivity contribution in [3.05, 3.63) is 48.3 Å². The number of hydrogen-bond donors (Lipinski definition) is 2. The number of nitrogens with one attached hydrogen (secondary N) is 1. The second kappa shape index (κ2) is 7.06. The zero-order valence-corrected chi connectivity index (χ0v) is 14.8. The van der Waals surface area contributed by atoms with Crippen LogP contribution in [0.15, 0.2) is 42.7 Å². The Bertz CT molecular complexity index is 902. The minimum atomic E-state index is -1.02. The Labute approximate surface area is 149 Å². The van der Waals surface area contributed by atoms with Crippen LogP contribution in [0.25, 0.3) is 15.3 Å². The van der Waals surface area contributed by atoms with Gasteiger partial charge in [0.2, 0.25) is 0 Å². The molecule has 0 aliphatic carbocycles. The SMILES string of the molecule is CC[C@@H](C)[C@@H](NC(=O)c1ccc2nc(-n3cccc3)sc2c1)C(=O)O. The molecule has 3 aromatic rings. The molecule has 2 aromatic heterocycles. The van der Waals surface area contributed by atoms with Crippen LogP contribution in [0, 0.1) is 5.92 Å². The molecule has 130 valence electrons. The Morgan fingerprint density at radius 3 is 2.68 bits per heavy atom. The number of carbonyl (C=O) groups is 2. The number of carbonyl (C=O) groups excluding carboxylic acids is 1. The minimum Gasteiger partial charge on any atom is -0.480 e. The summed E-state index contributed by atoms with van der Waals surface area (Å²) >= 11 is 1.48. The van der Waals surface area contributed by atoms with Crippen molar-refractivity contribution in [2.24, 2.45) is 5.92 Å². The lowest BCUT2D eigenvalue weighted by atomic mass is 9.99. The summed E-state index contributed by atoms with van der Waals surface area (Å²) in [6.07, 6.45) is 4.50. The van der Waals surface area contributed by atoms with Gasteiger partial charge in [0.25, 0.3) is 5.91 Å². The maximum absolute atomic E-state index is 12.5. The van der Waals surface area contributed by atoms with Crippen LogP contribution in [0.1, 0.15) is 30.6 Å². The summed E-state index contributed by atoms with van der Waals surface area (Å²) in [6.45, 7) is 3.72. The highest BCUT2D eigenvalue weighted by Crippen LogP contribution is 2.26. The fraction of sp³-hybridized carbons (Fsp3) is 0.278. The Morgan fingerprint density at radius 1 is 1.32 bits per heavy atom. The molecule has 1 amide bonds. The van der Waals surface area contributed by atoms with Gasteiger partial charge in [-0.25, -0.2) is 9.78 Å². The molecule has 0 saturated heterocycles. The number of thiazole rings is 1. The quantitative estimate of drug-likeness (QED) is 0.709. The van der Waals surface area contributed by atoms with Gasteiger partial charge in [-0.3, -0.25) is 4.79 Å². The Balaban J connectivity index is 1.85. The highest BCUT2D eigenvalue weighted by Gasteiger charge is 2.25. The lowest BCUT2D eigenvalue weighted by Gasteiger charge is -2.20. The fourth-order valence-electron chi connectivity index (χ4n) is 2.53. The molecule has 2 N–H and O–H groups in total. The van der Waals surface area contributed by atoms with E-state index in [0.29, 0.717) is 12.0 Å². The van der Waals surface area contributed by atoms with Crippen molar-refractivity contribution in [1.82, 2.24) is 14.9 Å². The molecule has 0 saturated carbocycles. The monoisotopic (exact) mass is 357 g/mol. The molecule has 0 fully saturated rings. The van der Waals surface area contributed by atoms with Gasteiger partial charge >= 0.3 is 5.97 Å². The molecule has 3 rings (SSSR count). The van der Waals surface area contributed by atoms with Gasteiger partial charge in [0.15, 0.2) is 5.13 Å². The lowest BCUT2D eigenvalue weighted by molar-refractivity contribution is -0.140. The van der Waals surface area contributed by atoms with Crippen molar-refractivity contribution in [2.45, 2.75) is 26.3 Å². The van der Waals surface area contributed by atoms with Crippen LogP contribution in [0.5, 0.6) is 0 Å². The van der Waals surface area contributed by atoms with Crippen LogP contribution in [-0.4, -0.2) is 32.6 Å². The third-order valence-electron chi connectivity index (χ3n) is 4.23. The predicted molar refractivity (Wildman–Crippen MR) is 97.3 cm³/mol. The highest BCUT2D eigenvalue weighted by molar-refractivity contribution is 7.20. The molecular formula is C18H19N3O3S. The van der Waals surface area contributed by atoms with E-state index < -0.39 is 12.0 Å². The summed E-state index contributed by atoms with van der Waals surface area (Å²) in [4.78, 5) is 28.4. The Hall–Kier alpha value is -2.67. The molecule has 25 heavy (non-hydrogen) atoms. The molecule has 0 unspecified atom stereocenters. The van der Waals surface area contributed by atoms with Gasteiger partial charge in [0.1, 0.15) is 6.04 Å². The van der Waals surface area contributed by atoms with Crippen molar-refractivity contribution < 1.29 is 14.7 Å². The first kappa shape index (κ1) is 17.2. The number of carboxylic acid groups (broad SMARTS) is 1. The Kier molecular flexibility index (Phi) is 4.85. The molecule has 2 atom stereocenters. The third kappa shape index (κ3) is 3.56. The zero-order chi connectivity index (χ0) is 18.0. The van der Waals surface area contributed by atoms with Crippen molar-refractivity contribution >= 4 is 33.4 Å². The largest absolute Gasteiger partial charge is 0.480 e. The number of benzene rings is 1. The predicted octanol–water partition coefficient (Wildman–Crippen LogP) is 3.32. The number of carboxylic acids is 1. The van der Waals surface area contributed by atoms with E-state index >= 15 is 0 Å². The van der Waals surface area contributed by atoms with Crippen molar-refractivity contribution in [3.63, 3.8) is 0 Å². The summed E-state index contributed by atoms with van der Waals surface area (Å²) in [5.41, 5.74) is 1.24. The topological polar surface area (TPSA) is 84.2 Å². The molecule has 0 aliphatic heterocycles. The zero-order valence-electron chi connectivity index (χ0n) is 14.0. The number of aliphatic carboxylic acids is 1. The van der Waals surface area contributed by atoms with Crippen LogP contribution in [0.4, 0.5) is 0 Å². The van der Waals surface area contributed by atoms with E-state index in [-0.39, 0.29) is 11.8 Å². The minimum absolute atomic E-state index is 0.145. The standard InChI is InChI=1S/C18H19N3O3S/c1-3-11(2)15(17(23)24)20-16(22)12-6-7-13-14(10-12)25-18(19-13)21-8-4-5-9-21/h4-11,15H,3H2,1-2H3,(H,20,22)(H,23,24)/t11-,15-/m1/s1. The normalized spacial score (nSPS) is 13.5. The first-order valence-electron chi connectivity index (χ1n) is 8.07. The molecule has 0 spiro atoms. The highest BCUT2D eigenvalue weighted by atomic mass is 32.1. The number of fused-ring (bicyclic) bond motifs is 1. The number of amides is 1. The van der Waals surface area contributed by atoms with E-state index in [2.05, 4.69) is 10.3 Å². The average molecular weight is 357 g/mol. The smallest absolute Gasteiger partial charge is 0.326 e. The number of aromatic nitrogens is 2. The van der Waals surface area contributed by atoms with Crippen LogP contribution in [0.3, 0.4) is 0 Å². The fourth-order valence-corrected chi connectivity index (χ4v) is 3.51. The molecule has 7 heteroatoms. The summed E-state index contributed by atoms with van der Waals surface area (Å²) < 4.78 is 2.79. The molecule has 6 nitrogen and oxygen atoms in total. The van der Waals surface area contributed by atoms with Crippen LogP contribution < -0.4 is 5.32 Å². The van der Waals surface area contributed by atoms with Gasteiger partial charge in [-0.1, -0.05) is 31.6 Å². The van der Waals surface area contributed by atoms with Gasteiger partial charge in [-0.2, -0.15) is 0 Å². The van der Waals surface area contributed by atoms with Gasteiger partial charge in [-0.05, 0) is 36.2 Å². The second-order valence-corrected chi connectivity index (χ2v) is 6.95. The summed E-state index contributed by atoms with van der Waals surface area (Å²) in [5.74, 6) is -1.55. The first-order chi connectivity index (χ1) is 12.0. The van der Waals surface area contributed by atoms with Gasteiger partial charge in [0.05, 0.1) is 10.2 Å². The van der Waals surface area contributed by atoms with E-state index in [4.69, 9.17) is 0 Å². The van der Waals surface area contributed by atoms with Crippen LogP contribution in [0.2, 0.25) is 0 Å². The second-order valence-electron chi connectivity index (χ2n) is 5.94. The summed E-state index contributed by atoms with van der Waals surface area (Å²) in [7, 11) is 0. The molecular weight excluding hydrogens is 338 g/mol. The van der Waals surface area contributed by atoms with E-state index in [0.717, 1.165) is 15.3 Å². The van der Waals surface area contributed by atoms with Gasteiger partial charge in [-0.15, -0.1) is 0 Å². The van der Waals surface area contributed by atoms with Gasteiger partial charge in [0, 0.05) is 18.0 Å². The van der Waals surface area contributed by atoms with E-state index in [1.807, 2.05) is 42.9 Å². The van der Waals surface area contributed by atoms with E-state index in [1.165, 1.54) is 11.3 Å². The maximum atomic E-state index is 12.5. The molecule has 0 bridgehead atoms. The van der Waals surface area contributed by atoms with Crippen LogP contribution >= 0.6 is 11.3 Å². The van der Waals surface area contributed by atoms with Gasteiger partial charge < -0.3 is 15.0 Å². The number of hydrogen-bond acceptors (Lipinski definition) is 4. The summed E-state index contributed by atoms with van der Waals surface area (Å²) in [6, 6.07) is 8.16. The Morgan fingerprint density at radius 2 is 2.04 bits per heavy atom. The molecule has 0 radical (unpaired) electrons. The molecule has 2 heterocycles. The van der Waals surface area contributed by atoms with E-state index in [9.17, 15) is 14.7 Å².